The van der Waals surface area contributed by atoms with E-state index in [1.54, 1.807) is 0 Å². The molecule has 1 saturated heterocycles. The number of benzene rings is 4. The van der Waals surface area contributed by atoms with Crippen LogP contribution in [0.1, 0.15) is 22.4 Å². The molecule has 1 aliphatic heterocycles. The predicted octanol–water partition coefficient (Wildman–Crippen LogP) is 5.85. The average Bonchev–Trinajstić information content (AvgIpc) is 3.47. The predicted molar refractivity (Wildman–Crippen MR) is 180 cm³/mol. The van der Waals surface area contributed by atoms with Gasteiger partial charge in [0.2, 0.25) is 5.91 Å². The molecule has 1 fully saturated rings. The number of nitrogens with two attached hydrogens (primary N) is 1. The van der Waals surface area contributed by atoms with Gasteiger partial charge in [0, 0.05) is 55.2 Å². The highest BCUT2D eigenvalue weighted by atomic mass is 16.1. The van der Waals surface area contributed by atoms with Crippen LogP contribution in [0.5, 0.6) is 0 Å². The summed E-state index contributed by atoms with van der Waals surface area (Å²) in [6, 6.07) is 40.5. The molecule has 0 unspecified atom stereocenters. The first-order chi connectivity index (χ1) is 22.0. The van der Waals surface area contributed by atoms with E-state index in [-0.39, 0.29) is 5.91 Å². The van der Waals surface area contributed by atoms with Gasteiger partial charge < -0.3 is 10.6 Å². The minimum Gasteiger partial charge on any atom is -0.369 e. The first-order valence-electron chi connectivity index (χ1n) is 15.4. The fourth-order valence-electron chi connectivity index (χ4n) is 6.79. The number of anilines is 1. The molecule has 7 nitrogen and oxygen atoms in total. The number of aromatic nitrogens is 3. The summed E-state index contributed by atoms with van der Waals surface area (Å²) in [6.07, 6.45) is 4.08. The number of carbonyl (C=O) groups excluding carboxylic acids is 1. The molecule has 224 valence electrons. The molecule has 45 heavy (non-hydrogen) atoms. The molecular formula is C38H36N6O. The van der Waals surface area contributed by atoms with Crippen molar-refractivity contribution < 1.29 is 4.79 Å². The highest BCUT2D eigenvalue weighted by Crippen LogP contribution is 2.42. The molecule has 7 heteroatoms. The van der Waals surface area contributed by atoms with E-state index in [9.17, 15) is 4.79 Å². The van der Waals surface area contributed by atoms with Gasteiger partial charge in [0.15, 0.2) is 0 Å². The Labute approximate surface area is 263 Å². The van der Waals surface area contributed by atoms with Gasteiger partial charge in [-0.15, -0.1) is 0 Å². The summed E-state index contributed by atoms with van der Waals surface area (Å²) in [5, 5.41) is 6.36. The number of hydrogen-bond donors (Lipinski definition) is 1. The van der Waals surface area contributed by atoms with Crippen molar-refractivity contribution in [2.45, 2.75) is 12.5 Å². The Bertz CT molecular complexity index is 1830. The Morgan fingerprint density at radius 1 is 0.778 bits per heavy atom. The lowest BCUT2D eigenvalue weighted by molar-refractivity contribution is -0.119. The number of carbonyl (C=O) groups is 1. The summed E-state index contributed by atoms with van der Waals surface area (Å²) >= 11 is 0. The largest absolute Gasteiger partial charge is 0.369 e. The van der Waals surface area contributed by atoms with E-state index in [1.165, 1.54) is 0 Å². The maximum atomic E-state index is 11.5. The third-order valence-electron chi connectivity index (χ3n) is 8.94. The second-order valence-corrected chi connectivity index (χ2v) is 11.7. The first-order valence-corrected chi connectivity index (χ1v) is 15.4. The molecule has 7 rings (SSSR count). The quantitative estimate of drug-likeness (QED) is 0.224. The van der Waals surface area contributed by atoms with Crippen molar-refractivity contribution in [3.05, 3.63) is 150 Å². The van der Waals surface area contributed by atoms with E-state index in [0.717, 1.165) is 76.3 Å². The summed E-state index contributed by atoms with van der Waals surface area (Å²) in [6.45, 7) is 5.61. The Hall–Kier alpha value is -5.27. The van der Waals surface area contributed by atoms with Crippen LogP contribution in [-0.4, -0.2) is 58.3 Å². The lowest BCUT2D eigenvalue weighted by Gasteiger charge is -2.36. The maximum Gasteiger partial charge on any atom is 0.231 e. The minimum absolute atomic E-state index is 0.283. The summed E-state index contributed by atoms with van der Waals surface area (Å²) in [5.41, 5.74) is 13.4. The van der Waals surface area contributed by atoms with Crippen LogP contribution in [0.2, 0.25) is 0 Å². The van der Waals surface area contributed by atoms with Crippen LogP contribution in [0, 0.1) is 6.92 Å². The molecule has 0 spiro atoms. The van der Waals surface area contributed by atoms with Crippen molar-refractivity contribution in [1.29, 1.82) is 0 Å². The van der Waals surface area contributed by atoms with Crippen LogP contribution in [-0.2, 0) is 10.3 Å². The van der Waals surface area contributed by atoms with E-state index in [4.69, 9.17) is 15.8 Å². The number of primary amides is 1. The van der Waals surface area contributed by atoms with Gasteiger partial charge in [0.05, 0.1) is 17.8 Å². The first kappa shape index (κ1) is 28.5. The number of aryl methyl sites for hydroxylation is 1. The molecule has 6 aromatic rings. The Kier molecular flexibility index (Phi) is 7.61. The summed E-state index contributed by atoms with van der Waals surface area (Å²) in [4.78, 5) is 20.6. The summed E-state index contributed by atoms with van der Waals surface area (Å²) < 4.78 is 2.14. The van der Waals surface area contributed by atoms with Crippen LogP contribution in [0.15, 0.2) is 128 Å². The van der Waals surface area contributed by atoms with Gasteiger partial charge in [-0.2, -0.15) is 5.10 Å². The zero-order valence-electron chi connectivity index (χ0n) is 25.4. The monoisotopic (exact) mass is 592 g/mol. The minimum atomic E-state index is -0.680. The highest BCUT2D eigenvalue weighted by Gasteiger charge is 2.39. The number of amides is 1. The van der Waals surface area contributed by atoms with Crippen LogP contribution in [0.25, 0.3) is 22.0 Å². The molecule has 2 N–H and O–H groups in total. The van der Waals surface area contributed by atoms with E-state index < -0.39 is 5.54 Å². The fourth-order valence-corrected chi connectivity index (χ4v) is 6.79. The lowest BCUT2D eigenvalue weighted by Crippen LogP contribution is -2.48. The molecule has 1 aliphatic rings. The molecular weight excluding hydrogens is 556 g/mol. The van der Waals surface area contributed by atoms with Crippen LogP contribution in [0.4, 0.5) is 5.69 Å². The molecule has 0 saturated carbocycles. The normalized spacial score (nSPS) is 14.1. The molecule has 3 heterocycles. The number of pyridine rings is 1. The van der Waals surface area contributed by atoms with Crippen molar-refractivity contribution in [2.75, 3.05) is 37.6 Å². The van der Waals surface area contributed by atoms with Gasteiger partial charge in [0.1, 0.15) is 5.54 Å². The second-order valence-electron chi connectivity index (χ2n) is 11.7. The number of rotatable bonds is 8. The van der Waals surface area contributed by atoms with Gasteiger partial charge in [-0.05, 0) is 47.4 Å². The Balaban J connectivity index is 1.35. The summed E-state index contributed by atoms with van der Waals surface area (Å²) in [7, 11) is 0. The van der Waals surface area contributed by atoms with E-state index in [1.807, 2.05) is 6.20 Å². The topological polar surface area (TPSA) is 80.3 Å². The third kappa shape index (κ3) is 5.25. The van der Waals surface area contributed by atoms with Crippen molar-refractivity contribution in [3.63, 3.8) is 0 Å². The SMILES string of the molecule is Cc1nn(C(c2ccccc2)(c2ccccc2)c2ccccc2)cc1-c1ccc2nccc(N3CCN(CC(N)=O)CC3)c2c1. The van der Waals surface area contributed by atoms with Gasteiger partial charge in [-0.1, -0.05) is 97.1 Å². The molecule has 0 radical (unpaired) electrons. The lowest BCUT2D eigenvalue weighted by atomic mass is 9.77. The summed E-state index contributed by atoms with van der Waals surface area (Å²) in [5.74, 6) is -0.283. The standard InChI is InChI=1S/C38H36N6O/c1-28-34(29-17-18-35-33(25-29)36(19-20-40-35)43-23-21-42(22-24-43)27-37(39)45)26-44(41-28)38(30-11-5-2-6-12-30,31-13-7-3-8-14-31)32-15-9-4-10-16-32/h2-20,25-26H,21-24,27H2,1H3,(H2,39,45). The molecule has 0 aliphatic carbocycles. The second kappa shape index (κ2) is 12.0. The molecule has 4 aromatic carbocycles. The van der Waals surface area contributed by atoms with Crippen molar-refractivity contribution in [2.24, 2.45) is 5.73 Å². The molecule has 0 atom stereocenters. The van der Waals surface area contributed by atoms with Crippen LogP contribution in [0.3, 0.4) is 0 Å². The Morgan fingerprint density at radius 3 is 1.91 bits per heavy atom. The number of fused-ring (bicyclic) bond motifs is 1. The molecule has 1 amide bonds. The van der Waals surface area contributed by atoms with Crippen LogP contribution >= 0.6 is 0 Å². The van der Waals surface area contributed by atoms with Crippen molar-refractivity contribution >= 4 is 22.5 Å². The number of nitrogens with zero attached hydrogens (tertiary/aromatic N) is 5. The zero-order chi connectivity index (χ0) is 30.8. The third-order valence-corrected chi connectivity index (χ3v) is 8.94. The van der Waals surface area contributed by atoms with Gasteiger partial charge in [-0.3, -0.25) is 19.4 Å². The smallest absolute Gasteiger partial charge is 0.231 e. The molecule has 2 aromatic heterocycles. The van der Waals surface area contributed by atoms with Gasteiger partial charge in [-0.25, -0.2) is 0 Å². The van der Waals surface area contributed by atoms with Crippen molar-refractivity contribution in [1.82, 2.24) is 19.7 Å². The van der Waals surface area contributed by atoms with E-state index in [0.29, 0.717) is 6.54 Å². The Morgan fingerprint density at radius 2 is 1.36 bits per heavy atom. The van der Waals surface area contributed by atoms with E-state index in [2.05, 4.69) is 143 Å². The van der Waals surface area contributed by atoms with Crippen LogP contribution < -0.4 is 10.6 Å². The maximum absolute atomic E-state index is 11.5. The van der Waals surface area contributed by atoms with E-state index >= 15 is 0 Å². The number of hydrogen-bond acceptors (Lipinski definition) is 5. The zero-order valence-corrected chi connectivity index (χ0v) is 25.4. The highest BCUT2D eigenvalue weighted by molar-refractivity contribution is 5.95. The molecule has 0 bridgehead atoms. The fraction of sp³-hybridized carbons (Fsp3) is 0.184. The van der Waals surface area contributed by atoms with Gasteiger partial charge in [0.25, 0.3) is 0 Å². The van der Waals surface area contributed by atoms with Crippen molar-refractivity contribution in [3.8, 4) is 11.1 Å². The van der Waals surface area contributed by atoms with Gasteiger partial charge >= 0.3 is 0 Å². The average molecular weight is 593 g/mol. The number of piperazine rings is 1.